The van der Waals surface area contributed by atoms with Gasteiger partial charge in [0, 0.05) is 11.1 Å². The van der Waals surface area contributed by atoms with Gasteiger partial charge in [0.2, 0.25) is 0 Å². The number of rotatable bonds is 2. The second-order valence-electron chi connectivity index (χ2n) is 4.52. The van der Waals surface area contributed by atoms with Crippen LogP contribution in [-0.2, 0) is 0 Å². The van der Waals surface area contributed by atoms with E-state index in [1.165, 1.54) is 5.56 Å². The van der Waals surface area contributed by atoms with Crippen molar-refractivity contribution in [3.63, 3.8) is 0 Å². The molecule has 92 valence electrons. The fraction of sp³-hybridized carbons (Fsp3) is 0.0588. The highest BCUT2D eigenvalue weighted by molar-refractivity contribution is 5.62. The molecule has 0 aliphatic carbocycles. The topological polar surface area (TPSA) is 25.8 Å². The molecule has 0 bridgehead atoms. The van der Waals surface area contributed by atoms with Crippen LogP contribution in [0.2, 0.25) is 0 Å². The van der Waals surface area contributed by atoms with Crippen LogP contribution in [0, 0.1) is 6.92 Å². The maximum atomic E-state index is 4.49. The predicted octanol–water partition coefficient (Wildman–Crippen LogP) is 4.12. The first-order chi connectivity index (χ1) is 9.33. The van der Waals surface area contributed by atoms with Crippen molar-refractivity contribution in [2.75, 3.05) is 0 Å². The number of hydrogen-bond donors (Lipinski definition) is 0. The molecule has 0 radical (unpaired) electrons. The molecule has 2 heteroatoms. The summed E-state index contributed by atoms with van der Waals surface area (Å²) < 4.78 is 0. The smallest absolute Gasteiger partial charge is 0.0885 e. The fourth-order valence-corrected chi connectivity index (χ4v) is 1.96. The summed E-state index contributed by atoms with van der Waals surface area (Å²) in [7, 11) is 0. The van der Waals surface area contributed by atoms with Crippen LogP contribution in [-0.4, -0.2) is 9.97 Å². The molecule has 3 aromatic rings. The molecule has 0 aliphatic rings. The molecule has 0 unspecified atom stereocenters. The molecule has 0 atom stereocenters. The van der Waals surface area contributed by atoms with E-state index >= 15 is 0 Å². The molecule has 2 nitrogen and oxygen atoms in total. The zero-order valence-electron chi connectivity index (χ0n) is 10.7. The lowest BCUT2D eigenvalue weighted by molar-refractivity contribution is 1.21. The van der Waals surface area contributed by atoms with Crippen molar-refractivity contribution >= 4 is 0 Å². The Bertz CT molecular complexity index is 656. The van der Waals surface area contributed by atoms with Crippen LogP contribution >= 0.6 is 0 Å². The van der Waals surface area contributed by atoms with Gasteiger partial charge in [0.15, 0.2) is 0 Å². The maximum absolute atomic E-state index is 4.49. The van der Waals surface area contributed by atoms with Gasteiger partial charge in [-0.1, -0.05) is 60.2 Å². The zero-order valence-corrected chi connectivity index (χ0v) is 10.7. The summed E-state index contributed by atoms with van der Waals surface area (Å²) in [4.78, 5) is 8.98. The van der Waals surface area contributed by atoms with Crippen LogP contribution in [0.4, 0.5) is 0 Å². The van der Waals surface area contributed by atoms with Crippen molar-refractivity contribution in [1.82, 2.24) is 9.97 Å². The van der Waals surface area contributed by atoms with E-state index in [0.29, 0.717) is 0 Å². The summed E-state index contributed by atoms with van der Waals surface area (Å²) in [6.45, 7) is 2.08. The van der Waals surface area contributed by atoms with Gasteiger partial charge in [-0.2, -0.15) is 0 Å². The van der Waals surface area contributed by atoms with Gasteiger partial charge in [-0.3, -0.25) is 9.97 Å². The largest absolute Gasteiger partial charge is 0.252 e. The number of hydrogen-bond acceptors (Lipinski definition) is 2. The average Bonchev–Trinajstić information content (AvgIpc) is 2.49. The minimum atomic E-state index is 0.900. The SMILES string of the molecule is Cc1ccc(-c2cnc(-c3ccccc3)cn2)cc1. The Balaban J connectivity index is 1.93. The van der Waals surface area contributed by atoms with E-state index in [0.717, 1.165) is 22.5 Å². The van der Waals surface area contributed by atoms with E-state index in [1.54, 1.807) is 0 Å². The molecule has 2 aromatic carbocycles. The van der Waals surface area contributed by atoms with Crippen molar-refractivity contribution in [3.8, 4) is 22.5 Å². The predicted molar refractivity (Wildman–Crippen MR) is 77.6 cm³/mol. The lowest BCUT2D eigenvalue weighted by Gasteiger charge is -2.03. The summed E-state index contributed by atoms with van der Waals surface area (Å²) in [6, 6.07) is 18.4. The monoisotopic (exact) mass is 246 g/mol. The molecule has 3 rings (SSSR count). The van der Waals surface area contributed by atoms with Gasteiger partial charge in [-0.25, -0.2) is 0 Å². The standard InChI is InChI=1S/C17H14N2/c1-13-7-9-15(10-8-13)17-12-18-16(11-19-17)14-5-3-2-4-6-14/h2-12H,1H3. The number of benzene rings is 2. The van der Waals surface area contributed by atoms with E-state index in [-0.39, 0.29) is 0 Å². The van der Waals surface area contributed by atoms with Crippen LogP contribution in [0.3, 0.4) is 0 Å². The highest BCUT2D eigenvalue weighted by atomic mass is 14.8. The molecule has 0 N–H and O–H groups in total. The summed E-state index contributed by atoms with van der Waals surface area (Å²) in [5.74, 6) is 0. The Labute approximate surface area is 112 Å². The summed E-state index contributed by atoms with van der Waals surface area (Å²) >= 11 is 0. The molecule has 1 heterocycles. The highest BCUT2D eigenvalue weighted by Gasteiger charge is 2.02. The molecular formula is C17H14N2. The number of nitrogens with zero attached hydrogens (tertiary/aromatic N) is 2. The molecule has 1 aromatic heterocycles. The summed E-state index contributed by atoms with van der Waals surface area (Å²) in [5.41, 5.74) is 5.23. The van der Waals surface area contributed by atoms with Crippen LogP contribution in [0.25, 0.3) is 22.5 Å². The lowest BCUT2D eigenvalue weighted by atomic mass is 10.1. The first kappa shape index (κ1) is 11.6. The van der Waals surface area contributed by atoms with Gasteiger partial charge in [0.25, 0.3) is 0 Å². The molecule has 0 amide bonds. The quantitative estimate of drug-likeness (QED) is 0.679. The molecule has 0 spiro atoms. The van der Waals surface area contributed by atoms with Gasteiger partial charge in [0.05, 0.1) is 23.8 Å². The molecular weight excluding hydrogens is 232 g/mol. The Hall–Kier alpha value is -2.48. The van der Waals surface area contributed by atoms with Crippen molar-refractivity contribution in [2.45, 2.75) is 6.92 Å². The van der Waals surface area contributed by atoms with E-state index in [4.69, 9.17) is 0 Å². The third kappa shape index (κ3) is 2.52. The van der Waals surface area contributed by atoms with Crippen LogP contribution in [0.15, 0.2) is 67.0 Å². The molecule has 0 saturated heterocycles. The zero-order chi connectivity index (χ0) is 13.1. The maximum Gasteiger partial charge on any atom is 0.0885 e. The Morgan fingerprint density at radius 1 is 0.632 bits per heavy atom. The van der Waals surface area contributed by atoms with E-state index in [2.05, 4.69) is 41.2 Å². The third-order valence-corrected chi connectivity index (χ3v) is 3.07. The van der Waals surface area contributed by atoms with Crippen molar-refractivity contribution < 1.29 is 0 Å². The average molecular weight is 246 g/mol. The fourth-order valence-electron chi connectivity index (χ4n) is 1.96. The third-order valence-electron chi connectivity index (χ3n) is 3.07. The van der Waals surface area contributed by atoms with Gasteiger partial charge in [-0.15, -0.1) is 0 Å². The van der Waals surface area contributed by atoms with Crippen molar-refractivity contribution in [2.24, 2.45) is 0 Å². The van der Waals surface area contributed by atoms with Crippen LogP contribution in [0.1, 0.15) is 5.56 Å². The van der Waals surface area contributed by atoms with Crippen molar-refractivity contribution in [1.29, 1.82) is 0 Å². The number of aromatic nitrogens is 2. The minimum Gasteiger partial charge on any atom is -0.252 e. The van der Waals surface area contributed by atoms with Crippen molar-refractivity contribution in [3.05, 3.63) is 72.6 Å². The van der Waals surface area contributed by atoms with E-state index in [1.807, 2.05) is 42.7 Å². The first-order valence-corrected chi connectivity index (χ1v) is 6.27. The normalized spacial score (nSPS) is 10.4. The van der Waals surface area contributed by atoms with Gasteiger partial charge < -0.3 is 0 Å². The van der Waals surface area contributed by atoms with E-state index < -0.39 is 0 Å². The van der Waals surface area contributed by atoms with Crippen LogP contribution in [0.5, 0.6) is 0 Å². The Morgan fingerprint density at radius 2 is 1.16 bits per heavy atom. The summed E-state index contributed by atoms with van der Waals surface area (Å²) in [5, 5.41) is 0. The first-order valence-electron chi connectivity index (χ1n) is 6.27. The van der Waals surface area contributed by atoms with E-state index in [9.17, 15) is 0 Å². The second-order valence-corrected chi connectivity index (χ2v) is 4.52. The Kier molecular flexibility index (Phi) is 3.07. The molecule has 0 fully saturated rings. The minimum absolute atomic E-state index is 0.900. The molecule has 0 aliphatic heterocycles. The summed E-state index contributed by atoms with van der Waals surface area (Å²) in [6.07, 6.45) is 3.65. The Morgan fingerprint density at radius 3 is 1.68 bits per heavy atom. The van der Waals surface area contributed by atoms with Gasteiger partial charge in [-0.05, 0) is 6.92 Å². The lowest BCUT2D eigenvalue weighted by Crippen LogP contribution is -1.89. The van der Waals surface area contributed by atoms with Gasteiger partial charge >= 0.3 is 0 Å². The molecule has 19 heavy (non-hydrogen) atoms. The molecule has 0 saturated carbocycles. The van der Waals surface area contributed by atoms with Gasteiger partial charge in [0.1, 0.15) is 0 Å². The highest BCUT2D eigenvalue weighted by Crippen LogP contribution is 2.20. The second kappa shape index (κ2) is 5.02. The number of aryl methyl sites for hydroxylation is 1. The van der Waals surface area contributed by atoms with Crippen LogP contribution < -0.4 is 0 Å².